The summed E-state index contributed by atoms with van der Waals surface area (Å²) in [6.07, 6.45) is 2.18. The first-order valence-electron chi connectivity index (χ1n) is 10.0. The molecule has 0 unspecified atom stereocenters. The quantitative estimate of drug-likeness (QED) is 0.411. The van der Waals surface area contributed by atoms with Crippen LogP contribution in [-0.4, -0.2) is 42.8 Å². The number of ketones is 1. The van der Waals surface area contributed by atoms with E-state index < -0.39 is 35.7 Å². The second-order valence-corrected chi connectivity index (χ2v) is 7.46. The second-order valence-electron chi connectivity index (χ2n) is 7.46. The highest BCUT2D eigenvalue weighted by atomic mass is 16.5. The number of unbranched alkanes of at least 4 members (excludes halogenated alkanes) is 1. The van der Waals surface area contributed by atoms with Gasteiger partial charge in [-0.2, -0.15) is 0 Å². The van der Waals surface area contributed by atoms with E-state index in [1.165, 1.54) is 7.11 Å². The van der Waals surface area contributed by atoms with Crippen LogP contribution >= 0.6 is 0 Å². The highest BCUT2D eigenvalue weighted by Crippen LogP contribution is 2.09. The van der Waals surface area contributed by atoms with E-state index in [0.29, 0.717) is 12.8 Å². The fourth-order valence-electron chi connectivity index (χ4n) is 2.85. The molecule has 0 aromatic heterocycles. The topological polar surface area (TPSA) is 102 Å². The van der Waals surface area contributed by atoms with Crippen LogP contribution in [-0.2, 0) is 30.3 Å². The predicted octanol–water partition coefficient (Wildman–Crippen LogP) is 2.18. The Morgan fingerprint density at radius 2 is 1.66 bits per heavy atom. The summed E-state index contributed by atoms with van der Waals surface area (Å²) in [5.74, 6) is -2.29. The van der Waals surface area contributed by atoms with Gasteiger partial charge >= 0.3 is 5.97 Å². The summed E-state index contributed by atoms with van der Waals surface area (Å²) in [6.45, 7) is 5.75. The Balaban J connectivity index is 2.87. The van der Waals surface area contributed by atoms with Gasteiger partial charge in [0, 0.05) is 12.8 Å². The van der Waals surface area contributed by atoms with Gasteiger partial charge in [-0.3, -0.25) is 14.4 Å². The molecule has 1 rings (SSSR count). The standard InChI is InChI=1S/C22H32N2O5/c1-5-6-12-19(25)21(27)23-17(13-15(2)3)20(26)24-18(22(28)29-4)14-16-10-8-7-9-11-16/h7-11,15,17-18H,5-6,12-14H2,1-4H3,(H,23,27)(H,24,26)/t17-,18-/m0/s1. The van der Waals surface area contributed by atoms with Crippen LogP contribution in [0.15, 0.2) is 30.3 Å². The van der Waals surface area contributed by atoms with Crippen LogP contribution in [0.4, 0.5) is 0 Å². The largest absolute Gasteiger partial charge is 0.467 e. The number of rotatable bonds is 12. The Kier molecular flexibility index (Phi) is 10.7. The van der Waals surface area contributed by atoms with Crippen LogP contribution in [0.5, 0.6) is 0 Å². The van der Waals surface area contributed by atoms with Crippen molar-refractivity contribution in [2.45, 2.75) is 65.0 Å². The van der Waals surface area contributed by atoms with Crippen molar-refractivity contribution in [3.05, 3.63) is 35.9 Å². The van der Waals surface area contributed by atoms with Crippen molar-refractivity contribution < 1.29 is 23.9 Å². The van der Waals surface area contributed by atoms with Gasteiger partial charge in [0.15, 0.2) is 0 Å². The van der Waals surface area contributed by atoms with Gasteiger partial charge in [-0.05, 0) is 24.3 Å². The van der Waals surface area contributed by atoms with Crippen molar-refractivity contribution in [3.63, 3.8) is 0 Å². The monoisotopic (exact) mass is 404 g/mol. The molecule has 2 atom stereocenters. The highest BCUT2D eigenvalue weighted by molar-refractivity contribution is 6.36. The van der Waals surface area contributed by atoms with E-state index in [2.05, 4.69) is 10.6 Å². The molecule has 0 fully saturated rings. The Morgan fingerprint density at radius 1 is 1.00 bits per heavy atom. The number of carbonyl (C=O) groups is 4. The molecule has 7 heteroatoms. The number of hydrogen-bond acceptors (Lipinski definition) is 5. The maximum atomic E-state index is 12.8. The molecule has 0 spiro atoms. The normalized spacial score (nSPS) is 12.7. The first-order chi connectivity index (χ1) is 13.8. The van der Waals surface area contributed by atoms with Crippen LogP contribution in [0.2, 0.25) is 0 Å². The maximum Gasteiger partial charge on any atom is 0.328 e. The molecule has 1 aromatic carbocycles. The molecular formula is C22H32N2O5. The lowest BCUT2D eigenvalue weighted by Crippen LogP contribution is -2.53. The Bertz CT molecular complexity index is 688. The molecule has 0 bridgehead atoms. The minimum atomic E-state index is -0.906. The van der Waals surface area contributed by atoms with Gasteiger partial charge in [-0.15, -0.1) is 0 Å². The average Bonchev–Trinajstić information content (AvgIpc) is 2.70. The minimum Gasteiger partial charge on any atom is -0.467 e. The highest BCUT2D eigenvalue weighted by Gasteiger charge is 2.29. The van der Waals surface area contributed by atoms with E-state index >= 15 is 0 Å². The lowest BCUT2D eigenvalue weighted by atomic mass is 10.0. The van der Waals surface area contributed by atoms with Crippen LogP contribution < -0.4 is 10.6 Å². The van der Waals surface area contributed by atoms with Crippen LogP contribution in [0.25, 0.3) is 0 Å². The third-order valence-electron chi connectivity index (χ3n) is 4.42. The summed E-state index contributed by atoms with van der Waals surface area (Å²) in [4.78, 5) is 49.1. The molecule has 7 nitrogen and oxygen atoms in total. The molecule has 160 valence electrons. The zero-order chi connectivity index (χ0) is 21.8. The number of Topliss-reactive ketones (excluding diaryl/α,β-unsaturated/α-hetero) is 1. The van der Waals surface area contributed by atoms with Crippen LogP contribution in [0, 0.1) is 5.92 Å². The van der Waals surface area contributed by atoms with E-state index in [9.17, 15) is 19.2 Å². The Morgan fingerprint density at radius 3 is 2.21 bits per heavy atom. The first-order valence-corrected chi connectivity index (χ1v) is 10.0. The van der Waals surface area contributed by atoms with Crippen molar-refractivity contribution >= 4 is 23.6 Å². The molecule has 2 amide bonds. The van der Waals surface area contributed by atoms with Crippen molar-refractivity contribution in [2.24, 2.45) is 5.92 Å². The van der Waals surface area contributed by atoms with Crippen LogP contribution in [0.1, 0.15) is 52.0 Å². The fourth-order valence-corrected chi connectivity index (χ4v) is 2.85. The number of methoxy groups -OCH3 is 1. The zero-order valence-electron chi connectivity index (χ0n) is 17.7. The van der Waals surface area contributed by atoms with Gasteiger partial charge in [-0.25, -0.2) is 4.79 Å². The molecule has 29 heavy (non-hydrogen) atoms. The van der Waals surface area contributed by atoms with E-state index in [1.807, 2.05) is 51.1 Å². The lowest BCUT2D eigenvalue weighted by molar-refractivity contribution is -0.145. The van der Waals surface area contributed by atoms with Gasteiger partial charge < -0.3 is 15.4 Å². The van der Waals surface area contributed by atoms with Crippen molar-refractivity contribution in [1.82, 2.24) is 10.6 Å². The summed E-state index contributed by atoms with van der Waals surface area (Å²) >= 11 is 0. The molecular weight excluding hydrogens is 372 g/mol. The van der Waals surface area contributed by atoms with E-state index in [-0.39, 0.29) is 18.8 Å². The summed E-state index contributed by atoms with van der Waals surface area (Å²) in [6, 6.07) is 7.45. The first kappa shape index (κ1) is 24.3. The summed E-state index contributed by atoms with van der Waals surface area (Å²) in [5.41, 5.74) is 0.863. The van der Waals surface area contributed by atoms with Gasteiger partial charge in [0.05, 0.1) is 7.11 Å². The minimum absolute atomic E-state index is 0.0995. The molecule has 0 heterocycles. The lowest BCUT2D eigenvalue weighted by Gasteiger charge is -2.23. The molecule has 0 aliphatic heterocycles. The Labute approximate surface area is 172 Å². The molecule has 2 N–H and O–H groups in total. The number of ether oxygens (including phenoxy) is 1. The zero-order valence-corrected chi connectivity index (χ0v) is 17.7. The number of benzene rings is 1. The number of nitrogens with one attached hydrogen (secondary N) is 2. The molecule has 0 radical (unpaired) electrons. The smallest absolute Gasteiger partial charge is 0.328 e. The number of hydrogen-bond donors (Lipinski definition) is 2. The maximum absolute atomic E-state index is 12.8. The molecule has 0 aliphatic rings. The van der Waals surface area contributed by atoms with Gasteiger partial charge in [0.1, 0.15) is 12.1 Å². The molecule has 0 saturated heterocycles. The molecule has 0 saturated carbocycles. The number of amides is 2. The van der Waals surface area contributed by atoms with Gasteiger partial charge in [0.25, 0.3) is 5.91 Å². The summed E-state index contributed by atoms with van der Waals surface area (Å²) < 4.78 is 4.81. The SMILES string of the molecule is CCCCC(=O)C(=O)N[C@@H](CC(C)C)C(=O)N[C@@H](Cc1ccccc1)C(=O)OC. The Hall–Kier alpha value is -2.70. The molecule has 1 aromatic rings. The third-order valence-corrected chi connectivity index (χ3v) is 4.42. The van der Waals surface area contributed by atoms with E-state index in [4.69, 9.17) is 4.74 Å². The summed E-state index contributed by atoms with van der Waals surface area (Å²) in [5, 5.41) is 5.20. The number of carbonyl (C=O) groups excluding carboxylic acids is 4. The van der Waals surface area contributed by atoms with E-state index in [1.54, 1.807) is 0 Å². The van der Waals surface area contributed by atoms with Gasteiger partial charge in [-0.1, -0.05) is 57.5 Å². The fraction of sp³-hybridized carbons (Fsp3) is 0.545. The predicted molar refractivity (Wildman–Crippen MR) is 110 cm³/mol. The van der Waals surface area contributed by atoms with Crippen molar-refractivity contribution in [3.8, 4) is 0 Å². The third kappa shape index (κ3) is 8.89. The summed E-state index contributed by atoms with van der Waals surface area (Å²) in [7, 11) is 1.26. The molecule has 0 aliphatic carbocycles. The van der Waals surface area contributed by atoms with Crippen molar-refractivity contribution in [1.29, 1.82) is 0 Å². The van der Waals surface area contributed by atoms with E-state index in [0.717, 1.165) is 12.0 Å². The van der Waals surface area contributed by atoms with Crippen LogP contribution in [0.3, 0.4) is 0 Å². The van der Waals surface area contributed by atoms with Gasteiger partial charge in [0.2, 0.25) is 11.7 Å². The average molecular weight is 405 g/mol. The second kappa shape index (κ2) is 12.7. The van der Waals surface area contributed by atoms with Crippen molar-refractivity contribution in [2.75, 3.05) is 7.11 Å². The number of esters is 1.